The first-order chi connectivity index (χ1) is 3.93. The van der Waals surface area contributed by atoms with Crippen molar-refractivity contribution >= 4 is 0 Å². The van der Waals surface area contributed by atoms with Gasteiger partial charge in [0.25, 0.3) is 0 Å². The van der Waals surface area contributed by atoms with Crippen LogP contribution in [0.1, 0.15) is 5.56 Å². The fourth-order valence-electron chi connectivity index (χ4n) is 0.645. The average molecular weight is 164 g/mol. The van der Waals surface area contributed by atoms with Crippen LogP contribution in [0.25, 0.3) is 0 Å². The smallest absolute Gasteiger partial charge is 0 e. The molecule has 0 heterocycles. The van der Waals surface area contributed by atoms with Crippen LogP contribution in [0.15, 0.2) is 30.3 Å². The van der Waals surface area contributed by atoms with E-state index in [0.29, 0.717) is 0 Å². The van der Waals surface area contributed by atoms with Crippen LogP contribution < -0.4 is 0 Å². The Morgan fingerprint density at radius 1 is 1.11 bits per heavy atom. The first kappa shape index (κ1) is 8.71. The van der Waals surface area contributed by atoms with Crippen LogP contribution in [-0.4, -0.2) is 0 Å². The maximum Gasteiger partial charge on any atom is 0 e. The molecule has 52 valence electrons. The van der Waals surface area contributed by atoms with Crippen LogP contribution in [0, 0.1) is 6.92 Å². The molecule has 0 N–H and O–H groups in total. The molecular formula is C8H9Ni-. The van der Waals surface area contributed by atoms with Crippen molar-refractivity contribution in [3.63, 3.8) is 0 Å². The third-order valence-corrected chi connectivity index (χ3v) is 1.13. The summed E-state index contributed by atoms with van der Waals surface area (Å²) in [7, 11) is 0. The van der Waals surface area contributed by atoms with Gasteiger partial charge in [0.2, 0.25) is 0 Å². The Morgan fingerprint density at radius 2 is 1.67 bits per heavy atom. The SMILES string of the molecule is [CH2-]Cc1ccccc1.[Ni]. The molecule has 0 radical (unpaired) electrons. The minimum absolute atomic E-state index is 0. The maximum atomic E-state index is 3.76. The number of hydrogen-bond donors (Lipinski definition) is 0. The fourth-order valence-corrected chi connectivity index (χ4v) is 0.645. The summed E-state index contributed by atoms with van der Waals surface area (Å²) in [6.45, 7) is 3.76. The van der Waals surface area contributed by atoms with Gasteiger partial charge in [0.15, 0.2) is 0 Å². The molecule has 0 bridgehead atoms. The molecule has 0 aliphatic heterocycles. The van der Waals surface area contributed by atoms with Gasteiger partial charge in [-0.2, -0.15) is 6.42 Å². The van der Waals surface area contributed by atoms with Crippen molar-refractivity contribution < 1.29 is 16.5 Å². The Labute approximate surface area is 66.2 Å². The van der Waals surface area contributed by atoms with E-state index in [4.69, 9.17) is 0 Å². The summed E-state index contributed by atoms with van der Waals surface area (Å²) in [4.78, 5) is 0. The van der Waals surface area contributed by atoms with E-state index in [0.717, 1.165) is 6.42 Å². The summed E-state index contributed by atoms with van der Waals surface area (Å²) in [5.41, 5.74) is 1.30. The summed E-state index contributed by atoms with van der Waals surface area (Å²) in [6.07, 6.45) is 0.890. The maximum absolute atomic E-state index is 3.76. The molecule has 1 aromatic rings. The second kappa shape index (κ2) is 4.58. The molecule has 0 saturated carbocycles. The number of benzene rings is 1. The van der Waals surface area contributed by atoms with Crippen molar-refractivity contribution in [3.8, 4) is 0 Å². The van der Waals surface area contributed by atoms with Crippen molar-refractivity contribution in [2.45, 2.75) is 6.42 Å². The molecule has 1 rings (SSSR count). The van der Waals surface area contributed by atoms with E-state index in [9.17, 15) is 0 Å². The van der Waals surface area contributed by atoms with Gasteiger partial charge in [-0.1, -0.05) is 35.9 Å². The Kier molecular flexibility index (Phi) is 4.43. The second-order valence-electron chi connectivity index (χ2n) is 1.74. The summed E-state index contributed by atoms with van der Waals surface area (Å²) in [6, 6.07) is 10.2. The molecule has 0 nitrogen and oxygen atoms in total. The molecule has 9 heavy (non-hydrogen) atoms. The van der Waals surface area contributed by atoms with Crippen LogP contribution in [-0.2, 0) is 22.9 Å². The largest absolute Gasteiger partial charge is 0.339 e. The normalized spacial score (nSPS) is 8.11. The molecule has 0 unspecified atom stereocenters. The molecule has 0 atom stereocenters. The molecule has 0 aromatic heterocycles. The molecule has 1 heteroatoms. The quantitative estimate of drug-likeness (QED) is 0.440. The number of rotatable bonds is 1. The minimum Gasteiger partial charge on any atom is -0.339 e. The zero-order chi connectivity index (χ0) is 5.82. The molecule has 0 spiro atoms. The third-order valence-electron chi connectivity index (χ3n) is 1.13. The van der Waals surface area contributed by atoms with Gasteiger partial charge in [0, 0.05) is 16.5 Å². The molecule has 0 fully saturated rings. The van der Waals surface area contributed by atoms with Gasteiger partial charge < -0.3 is 6.92 Å². The van der Waals surface area contributed by atoms with Gasteiger partial charge in [-0.25, -0.2) is 0 Å². The molecule has 0 amide bonds. The zero-order valence-electron chi connectivity index (χ0n) is 5.12. The van der Waals surface area contributed by atoms with Gasteiger partial charge in [0.1, 0.15) is 0 Å². The van der Waals surface area contributed by atoms with Crippen molar-refractivity contribution in [2.75, 3.05) is 0 Å². The summed E-state index contributed by atoms with van der Waals surface area (Å²) < 4.78 is 0. The Hall–Kier alpha value is -0.286. The fraction of sp³-hybridized carbons (Fsp3) is 0.125. The molecule has 0 saturated heterocycles. The van der Waals surface area contributed by atoms with Crippen LogP contribution in [0.4, 0.5) is 0 Å². The van der Waals surface area contributed by atoms with Crippen LogP contribution >= 0.6 is 0 Å². The van der Waals surface area contributed by atoms with Crippen molar-refractivity contribution in [3.05, 3.63) is 42.8 Å². The van der Waals surface area contributed by atoms with E-state index < -0.39 is 0 Å². The van der Waals surface area contributed by atoms with E-state index in [2.05, 4.69) is 19.1 Å². The van der Waals surface area contributed by atoms with Crippen LogP contribution in [0.5, 0.6) is 0 Å². The van der Waals surface area contributed by atoms with Crippen molar-refractivity contribution in [1.29, 1.82) is 0 Å². The Morgan fingerprint density at radius 3 is 2.00 bits per heavy atom. The van der Waals surface area contributed by atoms with Gasteiger partial charge in [-0.3, -0.25) is 0 Å². The van der Waals surface area contributed by atoms with Gasteiger partial charge in [0.05, 0.1) is 0 Å². The van der Waals surface area contributed by atoms with E-state index in [1.165, 1.54) is 5.56 Å². The molecule has 0 aliphatic carbocycles. The predicted molar refractivity (Wildman–Crippen MR) is 35.5 cm³/mol. The van der Waals surface area contributed by atoms with Crippen LogP contribution in [0.2, 0.25) is 0 Å². The Balaban J connectivity index is 0.000000640. The third kappa shape index (κ3) is 2.67. The monoisotopic (exact) mass is 163 g/mol. The van der Waals surface area contributed by atoms with E-state index in [1.54, 1.807) is 0 Å². The van der Waals surface area contributed by atoms with E-state index in [1.807, 2.05) is 18.2 Å². The average Bonchev–Trinajstić information content (AvgIpc) is 1.90. The topological polar surface area (TPSA) is 0 Å². The predicted octanol–water partition coefficient (Wildman–Crippen LogP) is 2.06. The van der Waals surface area contributed by atoms with Gasteiger partial charge >= 0.3 is 0 Å². The van der Waals surface area contributed by atoms with Crippen molar-refractivity contribution in [2.24, 2.45) is 0 Å². The summed E-state index contributed by atoms with van der Waals surface area (Å²) >= 11 is 0. The zero-order valence-corrected chi connectivity index (χ0v) is 6.10. The number of hydrogen-bond acceptors (Lipinski definition) is 0. The van der Waals surface area contributed by atoms with Gasteiger partial charge in [-0.05, 0) is 0 Å². The second-order valence-corrected chi connectivity index (χ2v) is 1.74. The summed E-state index contributed by atoms with van der Waals surface area (Å²) in [5.74, 6) is 0. The van der Waals surface area contributed by atoms with Crippen molar-refractivity contribution in [1.82, 2.24) is 0 Å². The first-order valence-electron chi connectivity index (χ1n) is 2.76. The minimum atomic E-state index is 0. The van der Waals surface area contributed by atoms with E-state index >= 15 is 0 Å². The molecular weight excluding hydrogens is 155 g/mol. The van der Waals surface area contributed by atoms with Gasteiger partial charge in [-0.15, -0.1) is 0 Å². The van der Waals surface area contributed by atoms with Crippen LogP contribution in [0.3, 0.4) is 0 Å². The first-order valence-corrected chi connectivity index (χ1v) is 2.76. The Bertz CT molecular complexity index is 146. The molecule has 1 aromatic carbocycles. The van der Waals surface area contributed by atoms with E-state index in [-0.39, 0.29) is 16.5 Å². The molecule has 0 aliphatic rings. The standard InChI is InChI=1S/C8H9.Ni/c1-2-8-6-4-3-5-7-8;/h3-7H,1-2H2;/q-1;. The summed E-state index contributed by atoms with van der Waals surface area (Å²) in [5, 5.41) is 0.